The van der Waals surface area contributed by atoms with Crippen LogP contribution in [-0.2, 0) is 4.79 Å². The molecule has 0 radical (unpaired) electrons. The Bertz CT molecular complexity index is 653. The predicted octanol–water partition coefficient (Wildman–Crippen LogP) is 2.94. The van der Waals surface area contributed by atoms with Crippen LogP contribution in [0.1, 0.15) is 27.2 Å². The summed E-state index contributed by atoms with van der Waals surface area (Å²) in [7, 11) is 0. The third-order valence-electron chi connectivity index (χ3n) is 4.41. The Labute approximate surface area is 155 Å². The first-order valence-electron chi connectivity index (χ1n) is 9.37. The number of carbonyl (C=O) groups excluding carboxylic acids is 1. The van der Waals surface area contributed by atoms with Crippen LogP contribution in [0.3, 0.4) is 0 Å². The third kappa shape index (κ3) is 6.19. The minimum atomic E-state index is -0.222. The summed E-state index contributed by atoms with van der Waals surface area (Å²) in [6.07, 6.45) is 0.959. The van der Waals surface area contributed by atoms with Gasteiger partial charge in [0.1, 0.15) is 6.61 Å². The standard InChI is InChI=1S/C20H30N4O2/c1-4-24(5-2)13-9-12-21-20(25)16(3)15-26-19-14-18(22-23-19)17-10-7-6-8-11-17/h6-8,10-11,14,16H,4-5,9,12-13,15H2,1-3H3,(H,21,25)(H,22,23). The summed E-state index contributed by atoms with van der Waals surface area (Å²) in [5.74, 6) is 0.300. The lowest BCUT2D eigenvalue weighted by Crippen LogP contribution is -2.34. The second-order valence-electron chi connectivity index (χ2n) is 6.37. The zero-order valence-corrected chi connectivity index (χ0v) is 16.0. The number of H-pyrrole nitrogens is 1. The molecule has 0 aliphatic carbocycles. The molecule has 0 aliphatic heterocycles. The number of hydrogen-bond donors (Lipinski definition) is 2. The van der Waals surface area contributed by atoms with Crippen molar-refractivity contribution in [2.45, 2.75) is 27.2 Å². The molecule has 0 spiro atoms. The number of aromatic nitrogens is 2. The number of carbonyl (C=O) groups is 1. The molecule has 1 heterocycles. The Morgan fingerprint density at radius 3 is 2.69 bits per heavy atom. The Hall–Kier alpha value is -2.34. The van der Waals surface area contributed by atoms with Crippen molar-refractivity contribution in [2.75, 3.05) is 32.8 Å². The first-order chi connectivity index (χ1) is 12.6. The van der Waals surface area contributed by atoms with Crippen molar-refractivity contribution < 1.29 is 9.53 Å². The number of nitrogens with zero attached hydrogens (tertiary/aromatic N) is 2. The lowest BCUT2D eigenvalue weighted by Gasteiger charge is -2.18. The molecular formula is C20H30N4O2. The molecule has 1 atom stereocenters. The number of aromatic amines is 1. The molecule has 2 aromatic rings. The fourth-order valence-corrected chi connectivity index (χ4v) is 2.66. The van der Waals surface area contributed by atoms with E-state index in [1.807, 2.05) is 43.3 Å². The van der Waals surface area contributed by atoms with Crippen molar-refractivity contribution in [1.82, 2.24) is 20.4 Å². The molecule has 0 bridgehead atoms. The minimum absolute atomic E-state index is 0.0170. The van der Waals surface area contributed by atoms with Crippen molar-refractivity contribution in [1.29, 1.82) is 0 Å². The van der Waals surface area contributed by atoms with E-state index < -0.39 is 0 Å². The van der Waals surface area contributed by atoms with Crippen LogP contribution in [0.4, 0.5) is 0 Å². The Morgan fingerprint density at radius 1 is 1.27 bits per heavy atom. The second kappa shape index (κ2) is 10.6. The highest BCUT2D eigenvalue weighted by molar-refractivity contribution is 5.78. The van der Waals surface area contributed by atoms with Gasteiger partial charge in [0.2, 0.25) is 11.8 Å². The van der Waals surface area contributed by atoms with Crippen molar-refractivity contribution in [2.24, 2.45) is 5.92 Å². The molecule has 1 amide bonds. The molecule has 1 unspecified atom stereocenters. The molecule has 0 saturated carbocycles. The number of amides is 1. The van der Waals surface area contributed by atoms with Crippen LogP contribution in [-0.4, -0.2) is 53.8 Å². The number of rotatable bonds is 11. The largest absolute Gasteiger partial charge is 0.476 e. The summed E-state index contributed by atoms with van der Waals surface area (Å²) >= 11 is 0. The summed E-state index contributed by atoms with van der Waals surface area (Å²) in [5.41, 5.74) is 1.95. The van der Waals surface area contributed by atoms with Gasteiger partial charge in [-0.2, -0.15) is 0 Å². The molecule has 142 valence electrons. The lowest BCUT2D eigenvalue weighted by molar-refractivity contribution is -0.125. The molecule has 2 rings (SSSR count). The van der Waals surface area contributed by atoms with Gasteiger partial charge < -0.3 is 15.0 Å². The summed E-state index contributed by atoms with van der Waals surface area (Å²) in [6, 6.07) is 11.8. The van der Waals surface area contributed by atoms with Gasteiger partial charge in [-0.25, -0.2) is 0 Å². The molecule has 0 aliphatic rings. The molecule has 0 saturated heterocycles. The number of benzene rings is 1. The zero-order valence-electron chi connectivity index (χ0n) is 16.0. The van der Waals surface area contributed by atoms with Crippen molar-refractivity contribution in [3.63, 3.8) is 0 Å². The highest BCUT2D eigenvalue weighted by Crippen LogP contribution is 2.20. The SMILES string of the molecule is CCN(CC)CCCNC(=O)C(C)COc1cc(-c2ccccc2)[nH]n1. The van der Waals surface area contributed by atoms with Crippen LogP contribution in [0.15, 0.2) is 36.4 Å². The van der Waals surface area contributed by atoms with Crippen molar-refractivity contribution in [3.8, 4) is 17.1 Å². The Kier molecular flexibility index (Phi) is 8.15. The van der Waals surface area contributed by atoms with E-state index in [1.54, 1.807) is 0 Å². The summed E-state index contributed by atoms with van der Waals surface area (Å²) in [6.45, 7) is 10.3. The lowest BCUT2D eigenvalue weighted by atomic mass is 10.1. The van der Waals surface area contributed by atoms with Crippen LogP contribution in [0.2, 0.25) is 0 Å². The van der Waals surface area contributed by atoms with E-state index in [2.05, 4.69) is 34.3 Å². The van der Waals surface area contributed by atoms with Crippen molar-refractivity contribution >= 4 is 5.91 Å². The average molecular weight is 358 g/mol. The van der Waals surface area contributed by atoms with Crippen LogP contribution in [0.25, 0.3) is 11.3 Å². The molecule has 1 aromatic carbocycles. The average Bonchev–Trinajstić information content (AvgIpc) is 3.16. The van der Waals surface area contributed by atoms with E-state index in [1.165, 1.54) is 0 Å². The quantitative estimate of drug-likeness (QED) is 0.606. The van der Waals surface area contributed by atoms with Crippen LogP contribution in [0.5, 0.6) is 5.88 Å². The highest BCUT2D eigenvalue weighted by Gasteiger charge is 2.14. The third-order valence-corrected chi connectivity index (χ3v) is 4.41. The monoisotopic (exact) mass is 358 g/mol. The second-order valence-corrected chi connectivity index (χ2v) is 6.37. The Morgan fingerprint density at radius 2 is 2.00 bits per heavy atom. The van der Waals surface area contributed by atoms with Crippen LogP contribution in [0, 0.1) is 5.92 Å². The van der Waals surface area contributed by atoms with E-state index in [0.29, 0.717) is 19.0 Å². The van der Waals surface area contributed by atoms with Gasteiger partial charge in [0.25, 0.3) is 0 Å². The van der Waals surface area contributed by atoms with Gasteiger partial charge in [0.15, 0.2) is 0 Å². The number of ether oxygens (including phenoxy) is 1. The van der Waals surface area contributed by atoms with Gasteiger partial charge >= 0.3 is 0 Å². The maximum atomic E-state index is 12.1. The first-order valence-corrected chi connectivity index (χ1v) is 9.37. The molecule has 2 N–H and O–H groups in total. The van der Waals surface area contributed by atoms with Crippen LogP contribution >= 0.6 is 0 Å². The fraction of sp³-hybridized carbons (Fsp3) is 0.500. The van der Waals surface area contributed by atoms with E-state index >= 15 is 0 Å². The van der Waals surface area contributed by atoms with Gasteiger partial charge in [-0.3, -0.25) is 9.89 Å². The van der Waals surface area contributed by atoms with Gasteiger partial charge in [-0.15, -0.1) is 5.10 Å². The summed E-state index contributed by atoms with van der Waals surface area (Å²) in [4.78, 5) is 14.5. The number of hydrogen-bond acceptors (Lipinski definition) is 4. The topological polar surface area (TPSA) is 70.2 Å². The fourth-order valence-electron chi connectivity index (χ4n) is 2.66. The number of nitrogens with one attached hydrogen (secondary N) is 2. The van der Waals surface area contributed by atoms with E-state index in [9.17, 15) is 4.79 Å². The molecular weight excluding hydrogens is 328 g/mol. The zero-order chi connectivity index (χ0) is 18.8. The predicted molar refractivity (Wildman–Crippen MR) is 104 cm³/mol. The smallest absolute Gasteiger partial charge is 0.233 e. The minimum Gasteiger partial charge on any atom is -0.476 e. The maximum absolute atomic E-state index is 12.1. The normalized spacial score (nSPS) is 12.2. The highest BCUT2D eigenvalue weighted by atomic mass is 16.5. The van der Waals surface area contributed by atoms with Gasteiger partial charge in [-0.1, -0.05) is 51.1 Å². The van der Waals surface area contributed by atoms with Gasteiger partial charge in [0, 0.05) is 12.6 Å². The van der Waals surface area contributed by atoms with E-state index in [-0.39, 0.29) is 11.8 Å². The van der Waals surface area contributed by atoms with Gasteiger partial charge in [0.05, 0.1) is 11.6 Å². The van der Waals surface area contributed by atoms with Crippen LogP contribution < -0.4 is 10.1 Å². The molecule has 26 heavy (non-hydrogen) atoms. The first kappa shape index (κ1) is 20.0. The Balaban J connectivity index is 1.70. The molecule has 1 aromatic heterocycles. The van der Waals surface area contributed by atoms with E-state index in [4.69, 9.17) is 4.74 Å². The molecule has 6 heteroatoms. The van der Waals surface area contributed by atoms with E-state index in [0.717, 1.165) is 37.3 Å². The summed E-state index contributed by atoms with van der Waals surface area (Å²) in [5, 5.41) is 10.1. The van der Waals surface area contributed by atoms with Crippen molar-refractivity contribution in [3.05, 3.63) is 36.4 Å². The summed E-state index contributed by atoms with van der Waals surface area (Å²) < 4.78 is 5.66. The maximum Gasteiger partial charge on any atom is 0.233 e. The van der Waals surface area contributed by atoms with Gasteiger partial charge in [-0.05, 0) is 31.6 Å². The molecule has 6 nitrogen and oxygen atoms in total. The molecule has 0 fully saturated rings.